The second-order valence-corrected chi connectivity index (χ2v) is 18.1. The summed E-state index contributed by atoms with van der Waals surface area (Å²) in [6.07, 6.45) is 63.3. The van der Waals surface area contributed by atoms with Crippen LogP contribution in [0, 0.1) is 0 Å². The van der Waals surface area contributed by atoms with Crippen molar-refractivity contribution in [3.05, 3.63) is 36.5 Å². The molecule has 0 aromatic carbocycles. The number of allylic oxidation sites excluding steroid dienone is 6. The summed E-state index contributed by atoms with van der Waals surface area (Å²) >= 11 is 0. The van der Waals surface area contributed by atoms with Gasteiger partial charge in [-0.1, -0.05) is 237 Å². The molecular formula is C54H103NO4. The molecule has 0 bridgehead atoms. The van der Waals surface area contributed by atoms with Crippen LogP contribution in [0.2, 0.25) is 0 Å². The highest BCUT2D eigenvalue weighted by Crippen LogP contribution is 2.17. The zero-order valence-corrected chi connectivity index (χ0v) is 39.6. The van der Waals surface area contributed by atoms with Crippen LogP contribution in [0.25, 0.3) is 0 Å². The van der Waals surface area contributed by atoms with E-state index in [4.69, 9.17) is 0 Å². The van der Waals surface area contributed by atoms with Crippen molar-refractivity contribution in [3.8, 4) is 0 Å². The van der Waals surface area contributed by atoms with Gasteiger partial charge in [-0.15, -0.1) is 0 Å². The SMILES string of the molecule is CCCCC/C=C/CCCC(O)C(O)C(CO)NC(=O)CCCCCCCCCCCCCCCCCCC/C=C\C/C=C\CCCCCCCCCCCCCCC. The third-order valence-corrected chi connectivity index (χ3v) is 12.2. The molecule has 4 N–H and O–H groups in total. The lowest BCUT2D eigenvalue weighted by Crippen LogP contribution is -2.50. The standard InChI is InChI=1S/C54H103NO4/c1-3-5-7-9-11-13-14-15-16-17-18-19-20-21-22-23-24-25-26-27-28-29-30-31-32-33-34-35-36-37-38-39-40-41-43-45-47-49-53(58)55-51(50-56)54(59)52(57)48-46-44-42-12-10-8-6-4-2/h12,22-23,25-26,42,51-52,54,56-57,59H,3-11,13-21,24,27-41,43-50H2,1-2H3,(H,55,58)/b23-22-,26-25-,42-12+. The van der Waals surface area contributed by atoms with Gasteiger partial charge in [0.25, 0.3) is 0 Å². The average molecular weight is 830 g/mol. The van der Waals surface area contributed by atoms with E-state index >= 15 is 0 Å². The smallest absolute Gasteiger partial charge is 0.220 e. The molecule has 1 amide bonds. The van der Waals surface area contributed by atoms with Gasteiger partial charge in [0.15, 0.2) is 0 Å². The minimum atomic E-state index is -1.16. The third kappa shape index (κ3) is 44.4. The summed E-state index contributed by atoms with van der Waals surface area (Å²) in [7, 11) is 0. The Morgan fingerprint density at radius 1 is 0.424 bits per heavy atom. The number of carbonyl (C=O) groups is 1. The Balaban J connectivity index is 3.43. The number of aliphatic hydroxyl groups is 3. The van der Waals surface area contributed by atoms with Gasteiger partial charge in [0.1, 0.15) is 6.10 Å². The maximum atomic E-state index is 12.4. The number of nitrogens with one attached hydrogen (secondary N) is 1. The molecule has 3 atom stereocenters. The Kier molecular flexibility index (Phi) is 48.0. The number of hydrogen-bond donors (Lipinski definition) is 4. The number of aliphatic hydroxyl groups excluding tert-OH is 3. The van der Waals surface area contributed by atoms with Gasteiger partial charge >= 0.3 is 0 Å². The van der Waals surface area contributed by atoms with Crippen molar-refractivity contribution >= 4 is 5.91 Å². The predicted molar refractivity (Wildman–Crippen MR) is 259 cm³/mol. The monoisotopic (exact) mass is 830 g/mol. The number of amides is 1. The van der Waals surface area contributed by atoms with E-state index in [1.807, 2.05) is 0 Å². The van der Waals surface area contributed by atoms with E-state index in [0.29, 0.717) is 12.8 Å². The van der Waals surface area contributed by atoms with E-state index in [1.54, 1.807) is 0 Å². The van der Waals surface area contributed by atoms with Crippen molar-refractivity contribution in [1.29, 1.82) is 0 Å². The zero-order valence-electron chi connectivity index (χ0n) is 39.6. The van der Waals surface area contributed by atoms with Gasteiger partial charge in [-0.2, -0.15) is 0 Å². The fourth-order valence-electron chi connectivity index (χ4n) is 8.14. The number of hydrogen-bond acceptors (Lipinski definition) is 4. The number of rotatable bonds is 48. The van der Waals surface area contributed by atoms with E-state index < -0.39 is 18.2 Å². The molecule has 5 heteroatoms. The van der Waals surface area contributed by atoms with Crippen LogP contribution in [-0.4, -0.2) is 46.1 Å². The molecule has 0 saturated carbocycles. The van der Waals surface area contributed by atoms with Crippen LogP contribution in [0.1, 0.15) is 277 Å². The van der Waals surface area contributed by atoms with Gasteiger partial charge in [0.05, 0.1) is 18.8 Å². The fraction of sp³-hybridized carbons (Fsp3) is 0.870. The third-order valence-electron chi connectivity index (χ3n) is 12.2. The molecule has 0 aromatic rings. The molecular weight excluding hydrogens is 727 g/mol. The Hall–Kier alpha value is -1.43. The van der Waals surface area contributed by atoms with Gasteiger partial charge in [0, 0.05) is 6.42 Å². The highest BCUT2D eigenvalue weighted by molar-refractivity contribution is 5.76. The van der Waals surface area contributed by atoms with Crippen LogP contribution in [0.5, 0.6) is 0 Å². The summed E-state index contributed by atoms with van der Waals surface area (Å²) in [5.41, 5.74) is 0. The largest absolute Gasteiger partial charge is 0.394 e. The Bertz CT molecular complexity index is 916. The van der Waals surface area contributed by atoms with E-state index in [2.05, 4.69) is 55.6 Å². The summed E-state index contributed by atoms with van der Waals surface area (Å²) in [6, 6.07) is -0.823. The van der Waals surface area contributed by atoms with E-state index in [0.717, 1.165) is 44.9 Å². The van der Waals surface area contributed by atoms with Crippen LogP contribution in [0.4, 0.5) is 0 Å². The molecule has 0 aliphatic carbocycles. The average Bonchev–Trinajstić information content (AvgIpc) is 3.24. The highest BCUT2D eigenvalue weighted by Gasteiger charge is 2.26. The maximum absolute atomic E-state index is 12.4. The number of carbonyl (C=O) groups excluding carboxylic acids is 1. The van der Waals surface area contributed by atoms with Gasteiger partial charge in [0.2, 0.25) is 5.91 Å². The molecule has 0 heterocycles. The first-order valence-electron chi connectivity index (χ1n) is 26.3. The summed E-state index contributed by atoms with van der Waals surface area (Å²) in [5.74, 6) is -0.155. The topological polar surface area (TPSA) is 89.8 Å². The lowest BCUT2D eigenvalue weighted by Gasteiger charge is -2.26. The van der Waals surface area contributed by atoms with Crippen molar-refractivity contribution in [2.75, 3.05) is 6.61 Å². The fourth-order valence-corrected chi connectivity index (χ4v) is 8.14. The number of unbranched alkanes of at least 4 members (excludes halogenated alkanes) is 34. The molecule has 0 aliphatic heterocycles. The summed E-state index contributed by atoms with van der Waals surface area (Å²) in [4.78, 5) is 12.4. The molecule has 5 nitrogen and oxygen atoms in total. The second-order valence-electron chi connectivity index (χ2n) is 18.1. The normalized spacial score (nSPS) is 13.6. The van der Waals surface area contributed by atoms with Crippen LogP contribution in [-0.2, 0) is 4.79 Å². The molecule has 348 valence electrons. The van der Waals surface area contributed by atoms with E-state index in [9.17, 15) is 20.1 Å². The van der Waals surface area contributed by atoms with Gasteiger partial charge in [-0.3, -0.25) is 4.79 Å². The lowest BCUT2D eigenvalue weighted by atomic mass is 10.0. The van der Waals surface area contributed by atoms with Crippen LogP contribution < -0.4 is 5.32 Å². The Labute approximate surface area is 368 Å². The van der Waals surface area contributed by atoms with E-state index in [1.165, 1.54) is 205 Å². The van der Waals surface area contributed by atoms with E-state index in [-0.39, 0.29) is 12.5 Å². The van der Waals surface area contributed by atoms with Crippen molar-refractivity contribution in [2.24, 2.45) is 0 Å². The summed E-state index contributed by atoms with van der Waals surface area (Å²) in [5, 5.41) is 33.3. The first-order chi connectivity index (χ1) is 29.1. The molecule has 0 aliphatic rings. The van der Waals surface area contributed by atoms with Crippen LogP contribution in [0.15, 0.2) is 36.5 Å². The highest BCUT2D eigenvalue weighted by atomic mass is 16.3. The lowest BCUT2D eigenvalue weighted by molar-refractivity contribution is -0.124. The van der Waals surface area contributed by atoms with Crippen molar-refractivity contribution in [3.63, 3.8) is 0 Å². The van der Waals surface area contributed by atoms with Gasteiger partial charge in [-0.05, 0) is 70.6 Å². The van der Waals surface area contributed by atoms with Crippen LogP contribution >= 0.6 is 0 Å². The summed E-state index contributed by atoms with van der Waals surface area (Å²) < 4.78 is 0. The Morgan fingerprint density at radius 2 is 0.729 bits per heavy atom. The zero-order chi connectivity index (χ0) is 43.0. The molecule has 0 saturated heterocycles. The first kappa shape index (κ1) is 57.6. The minimum absolute atomic E-state index is 0.155. The second kappa shape index (κ2) is 49.2. The van der Waals surface area contributed by atoms with Gasteiger partial charge in [-0.25, -0.2) is 0 Å². The molecule has 0 spiro atoms. The van der Waals surface area contributed by atoms with Crippen molar-refractivity contribution < 1.29 is 20.1 Å². The Morgan fingerprint density at radius 3 is 1.12 bits per heavy atom. The predicted octanol–water partition coefficient (Wildman–Crippen LogP) is 15.9. The summed E-state index contributed by atoms with van der Waals surface area (Å²) in [6.45, 7) is 4.12. The molecule has 3 unspecified atom stereocenters. The molecule has 0 aromatic heterocycles. The minimum Gasteiger partial charge on any atom is -0.394 e. The first-order valence-corrected chi connectivity index (χ1v) is 26.3. The maximum Gasteiger partial charge on any atom is 0.220 e. The van der Waals surface area contributed by atoms with Crippen LogP contribution in [0.3, 0.4) is 0 Å². The molecule has 59 heavy (non-hydrogen) atoms. The molecule has 0 fully saturated rings. The van der Waals surface area contributed by atoms with Crippen molar-refractivity contribution in [1.82, 2.24) is 5.32 Å². The molecule has 0 radical (unpaired) electrons. The van der Waals surface area contributed by atoms with Crippen molar-refractivity contribution in [2.45, 2.75) is 295 Å². The van der Waals surface area contributed by atoms with Gasteiger partial charge < -0.3 is 20.6 Å². The molecule has 0 rings (SSSR count). The quantitative estimate of drug-likeness (QED) is 0.0363.